The first kappa shape index (κ1) is 21.3. The summed E-state index contributed by atoms with van der Waals surface area (Å²) in [5.74, 6) is -0.311. The minimum atomic E-state index is -4.38. The first-order valence-electron chi connectivity index (χ1n) is 9.70. The zero-order valence-corrected chi connectivity index (χ0v) is 16.3. The molecule has 9 heteroatoms. The van der Waals surface area contributed by atoms with Gasteiger partial charge in [-0.25, -0.2) is 0 Å². The van der Waals surface area contributed by atoms with Crippen molar-refractivity contribution in [1.29, 1.82) is 0 Å². The number of halogens is 3. The molecule has 3 rings (SSSR count). The number of benzene rings is 1. The Morgan fingerprint density at radius 1 is 1.28 bits per heavy atom. The number of hydrogen-bond acceptors (Lipinski definition) is 4. The third-order valence-electron chi connectivity index (χ3n) is 4.95. The summed E-state index contributed by atoms with van der Waals surface area (Å²) < 4.78 is 44.0. The highest BCUT2D eigenvalue weighted by Crippen LogP contribution is 2.31. The molecule has 2 heterocycles. The number of nitrogens with zero attached hydrogens (tertiary/aromatic N) is 2. The van der Waals surface area contributed by atoms with Crippen LogP contribution in [-0.2, 0) is 17.3 Å². The van der Waals surface area contributed by atoms with Crippen molar-refractivity contribution in [2.24, 2.45) is 0 Å². The van der Waals surface area contributed by atoms with E-state index in [1.54, 1.807) is 6.07 Å². The number of amides is 1. The van der Waals surface area contributed by atoms with Gasteiger partial charge in [-0.05, 0) is 30.2 Å². The number of ether oxygens (including phenoxy) is 1. The van der Waals surface area contributed by atoms with Crippen molar-refractivity contribution in [3.8, 4) is 0 Å². The van der Waals surface area contributed by atoms with Crippen LogP contribution in [0.25, 0.3) is 0 Å². The molecule has 1 fully saturated rings. The molecule has 1 aliphatic heterocycles. The highest BCUT2D eigenvalue weighted by atomic mass is 19.4. The van der Waals surface area contributed by atoms with E-state index >= 15 is 0 Å². The summed E-state index contributed by atoms with van der Waals surface area (Å²) in [5, 5.41) is 9.76. The van der Waals surface area contributed by atoms with Crippen LogP contribution in [0.3, 0.4) is 0 Å². The fourth-order valence-corrected chi connectivity index (χ4v) is 3.40. The van der Waals surface area contributed by atoms with Gasteiger partial charge in [-0.3, -0.25) is 14.8 Å². The lowest BCUT2D eigenvalue weighted by molar-refractivity contribution is -0.137. The molecule has 1 unspecified atom stereocenters. The van der Waals surface area contributed by atoms with Crippen LogP contribution in [-0.4, -0.2) is 53.9 Å². The van der Waals surface area contributed by atoms with E-state index in [4.69, 9.17) is 4.74 Å². The number of aromatic nitrogens is 2. The Kier molecular flexibility index (Phi) is 6.92. The summed E-state index contributed by atoms with van der Waals surface area (Å²) in [4.78, 5) is 14.6. The predicted octanol–water partition coefficient (Wildman–Crippen LogP) is 3.18. The topological polar surface area (TPSA) is 70.2 Å². The first-order valence-corrected chi connectivity index (χ1v) is 9.70. The summed E-state index contributed by atoms with van der Waals surface area (Å²) >= 11 is 0. The van der Waals surface area contributed by atoms with Crippen LogP contribution in [0.4, 0.5) is 13.2 Å². The number of hydrogen-bond donors (Lipinski definition) is 2. The van der Waals surface area contributed by atoms with E-state index in [0.29, 0.717) is 37.6 Å². The average Bonchev–Trinajstić information content (AvgIpc) is 3.18. The quantitative estimate of drug-likeness (QED) is 0.736. The van der Waals surface area contributed by atoms with E-state index < -0.39 is 11.7 Å². The molecule has 1 saturated heterocycles. The number of aryl methyl sites for hydroxylation is 1. The van der Waals surface area contributed by atoms with Crippen molar-refractivity contribution < 1.29 is 22.7 Å². The van der Waals surface area contributed by atoms with Crippen LogP contribution in [0.5, 0.6) is 0 Å². The Balaban J connectivity index is 1.72. The van der Waals surface area contributed by atoms with Crippen LogP contribution in [0.1, 0.15) is 46.7 Å². The van der Waals surface area contributed by atoms with E-state index in [2.05, 4.69) is 20.4 Å². The second kappa shape index (κ2) is 9.41. The van der Waals surface area contributed by atoms with Crippen LogP contribution in [0.15, 0.2) is 30.3 Å². The average molecular weight is 410 g/mol. The van der Waals surface area contributed by atoms with E-state index in [1.807, 2.05) is 6.92 Å². The van der Waals surface area contributed by atoms with Gasteiger partial charge in [0.05, 0.1) is 24.8 Å². The number of alkyl halides is 3. The molecule has 0 saturated carbocycles. The molecule has 1 aromatic heterocycles. The molecule has 0 radical (unpaired) electrons. The summed E-state index contributed by atoms with van der Waals surface area (Å²) in [6.45, 7) is 4.68. The smallest absolute Gasteiger partial charge is 0.379 e. The number of rotatable bonds is 7. The van der Waals surface area contributed by atoms with Gasteiger partial charge >= 0.3 is 6.18 Å². The van der Waals surface area contributed by atoms with Crippen molar-refractivity contribution >= 4 is 5.91 Å². The molecule has 29 heavy (non-hydrogen) atoms. The lowest BCUT2D eigenvalue weighted by Crippen LogP contribution is -2.43. The van der Waals surface area contributed by atoms with E-state index in [-0.39, 0.29) is 18.5 Å². The van der Waals surface area contributed by atoms with Gasteiger partial charge in [0.15, 0.2) is 0 Å². The van der Waals surface area contributed by atoms with Gasteiger partial charge in [-0.1, -0.05) is 25.5 Å². The molecule has 0 bridgehead atoms. The summed E-state index contributed by atoms with van der Waals surface area (Å²) in [6.07, 6.45) is -2.63. The number of aromatic amines is 1. The fraction of sp³-hybridized carbons (Fsp3) is 0.500. The molecular weight excluding hydrogens is 385 g/mol. The third-order valence-corrected chi connectivity index (χ3v) is 4.95. The molecule has 1 aliphatic rings. The second-order valence-electron chi connectivity index (χ2n) is 7.02. The Bertz CT molecular complexity index is 799. The molecular formula is C20H25F3N4O2. The Morgan fingerprint density at radius 3 is 2.59 bits per heavy atom. The maximum Gasteiger partial charge on any atom is 0.416 e. The molecule has 1 amide bonds. The monoisotopic (exact) mass is 410 g/mol. The normalized spacial score (nSPS) is 16.6. The summed E-state index contributed by atoms with van der Waals surface area (Å²) in [7, 11) is 0. The fourth-order valence-electron chi connectivity index (χ4n) is 3.40. The molecule has 0 spiro atoms. The predicted molar refractivity (Wildman–Crippen MR) is 101 cm³/mol. The maximum absolute atomic E-state index is 12.9. The molecule has 2 aromatic rings. The van der Waals surface area contributed by atoms with Crippen molar-refractivity contribution in [2.75, 3.05) is 32.8 Å². The Labute approximate surface area is 167 Å². The van der Waals surface area contributed by atoms with Crippen molar-refractivity contribution in [1.82, 2.24) is 20.4 Å². The van der Waals surface area contributed by atoms with Crippen LogP contribution in [0.2, 0.25) is 0 Å². The van der Waals surface area contributed by atoms with Gasteiger partial charge in [0.25, 0.3) is 5.91 Å². The molecule has 1 atom stereocenters. The maximum atomic E-state index is 12.9. The van der Waals surface area contributed by atoms with Gasteiger partial charge in [-0.15, -0.1) is 0 Å². The van der Waals surface area contributed by atoms with E-state index in [1.165, 1.54) is 12.1 Å². The highest BCUT2D eigenvalue weighted by molar-refractivity contribution is 5.92. The summed E-state index contributed by atoms with van der Waals surface area (Å²) in [5.41, 5.74) is 1.23. The minimum absolute atomic E-state index is 0.251. The number of carbonyl (C=O) groups is 1. The zero-order chi connectivity index (χ0) is 20.9. The minimum Gasteiger partial charge on any atom is -0.379 e. The van der Waals surface area contributed by atoms with Crippen molar-refractivity contribution in [3.63, 3.8) is 0 Å². The largest absolute Gasteiger partial charge is 0.416 e. The van der Waals surface area contributed by atoms with E-state index in [0.717, 1.165) is 30.7 Å². The molecule has 1 aromatic carbocycles. The number of morpholine rings is 1. The van der Waals surface area contributed by atoms with E-state index in [9.17, 15) is 18.0 Å². The molecule has 0 aliphatic carbocycles. The summed E-state index contributed by atoms with van der Waals surface area (Å²) in [6, 6.07) is 6.58. The van der Waals surface area contributed by atoms with Gasteiger partial charge < -0.3 is 10.1 Å². The van der Waals surface area contributed by atoms with Gasteiger partial charge in [0, 0.05) is 25.3 Å². The van der Waals surface area contributed by atoms with Gasteiger partial charge in [0.2, 0.25) is 0 Å². The lowest BCUT2D eigenvalue weighted by Gasteiger charge is -2.35. The Morgan fingerprint density at radius 2 is 1.97 bits per heavy atom. The SMILES string of the molecule is CCCc1cc(C(=O)NCC(c2ccc(C(F)(F)F)cc2)N2CCOCC2)n[nH]1. The Hall–Kier alpha value is -2.39. The van der Waals surface area contributed by atoms with Crippen molar-refractivity contribution in [3.05, 3.63) is 52.8 Å². The second-order valence-corrected chi connectivity index (χ2v) is 7.02. The number of H-pyrrole nitrogens is 1. The zero-order valence-electron chi connectivity index (χ0n) is 16.3. The van der Waals surface area contributed by atoms with Crippen LogP contribution in [0, 0.1) is 0 Å². The van der Waals surface area contributed by atoms with Crippen LogP contribution < -0.4 is 5.32 Å². The lowest BCUT2D eigenvalue weighted by atomic mass is 10.0. The van der Waals surface area contributed by atoms with Crippen molar-refractivity contribution in [2.45, 2.75) is 32.0 Å². The molecule has 158 valence electrons. The van der Waals surface area contributed by atoms with Gasteiger partial charge in [-0.2, -0.15) is 18.3 Å². The molecule has 2 N–H and O–H groups in total. The van der Waals surface area contributed by atoms with Gasteiger partial charge in [0.1, 0.15) is 5.69 Å². The highest BCUT2D eigenvalue weighted by Gasteiger charge is 2.31. The first-order chi connectivity index (χ1) is 13.9. The number of carbonyl (C=O) groups excluding carboxylic acids is 1. The molecule has 6 nitrogen and oxygen atoms in total. The standard InChI is InChI=1S/C20H25F3N4O2/c1-2-3-16-12-17(26-25-16)19(28)24-13-18(27-8-10-29-11-9-27)14-4-6-15(7-5-14)20(21,22)23/h4-7,12,18H,2-3,8-11,13H2,1H3,(H,24,28)(H,25,26). The van der Waals surface area contributed by atoms with Crippen LogP contribution >= 0.6 is 0 Å². The number of nitrogens with one attached hydrogen (secondary N) is 2. The third kappa shape index (κ3) is 5.57.